The van der Waals surface area contributed by atoms with Crippen molar-refractivity contribution in [1.29, 1.82) is 0 Å². The Hall–Kier alpha value is -1.70. The summed E-state index contributed by atoms with van der Waals surface area (Å²) in [5, 5.41) is 5.60. The van der Waals surface area contributed by atoms with Crippen LogP contribution in [0.2, 0.25) is 0 Å². The van der Waals surface area contributed by atoms with Gasteiger partial charge in [-0.1, -0.05) is 58.6 Å². The number of carbonyl (C=O) groups is 3. The summed E-state index contributed by atoms with van der Waals surface area (Å²) in [7, 11) is 1.66. The molecule has 3 saturated carbocycles. The lowest BCUT2D eigenvalue weighted by Gasteiger charge is -2.58. The average Bonchev–Trinajstić information content (AvgIpc) is 3.49. The smallest absolute Gasteiger partial charge is 0.308 e. The number of nitrogens with two attached hydrogens (primary N) is 1. The predicted molar refractivity (Wildman–Crippen MR) is 219 cm³/mol. The quantitative estimate of drug-likeness (QED) is 0.0509. The van der Waals surface area contributed by atoms with Crippen LogP contribution in [0.25, 0.3) is 0 Å². The molecule has 0 spiro atoms. The van der Waals surface area contributed by atoms with Crippen LogP contribution in [-0.4, -0.2) is 108 Å². The molecule has 2 amide bonds. The van der Waals surface area contributed by atoms with E-state index in [1.165, 1.54) is 69.5 Å². The van der Waals surface area contributed by atoms with Crippen molar-refractivity contribution in [3.63, 3.8) is 0 Å². The van der Waals surface area contributed by atoms with Crippen LogP contribution in [0.1, 0.15) is 111 Å². The van der Waals surface area contributed by atoms with Gasteiger partial charge in [-0.05, 0) is 98.8 Å². The molecule has 0 heterocycles. The van der Waals surface area contributed by atoms with Gasteiger partial charge < -0.3 is 40.1 Å². The number of carbonyl (C=O) groups excluding carboxylic acids is 3. The highest BCUT2D eigenvalue weighted by Crippen LogP contribution is 2.66. The van der Waals surface area contributed by atoms with Crippen molar-refractivity contribution in [2.24, 2.45) is 46.2 Å². The number of hydrogen-bond donors (Lipinski definition) is 3. The molecule has 3 fully saturated rings. The highest BCUT2D eigenvalue weighted by molar-refractivity contribution is 8.00. The van der Waals surface area contributed by atoms with E-state index in [0.717, 1.165) is 48.9 Å². The number of amides is 2. The number of ether oxygens (including phenoxy) is 5. The van der Waals surface area contributed by atoms with E-state index in [1.54, 1.807) is 12.6 Å². The number of likely N-dealkylation sites (N-methyl/N-ethyl adjacent to an activating group) is 1. The Kier molecular flexibility index (Phi) is 19.8. The molecule has 4 aliphatic rings. The van der Waals surface area contributed by atoms with Crippen molar-refractivity contribution >= 4 is 29.5 Å². The molecular weight excluding hydrogens is 719 g/mol. The Bertz CT molecular complexity index is 1220. The van der Waals surface area contributed by atoms with Gasteiger partial charge >= 0.3 is 5.97 Å². The summed E-state index contributed by atoms with van der Waals surface area (Å²) < 4.78 is 28.2. The fourth-order valence-electron chi connectivity index (χ4n) is 10.3. The van der Waals surface area contributed by atoms with Gasteiger partial charge in [-0.2, -0.15) is 0 Å². The Labute approximate surface area is 336 Å². The van der Waals surface area contributed by atoms with Gasteiger partial charge in [-0.25, -0.2) is 0 Å². The van der Waals surface area contributed by atoms with E-state index in [-0.39, 0.29) is 35.6 Å². The van der Waals surface area contributed by atoms with Crippen molar-refractivity contribution in [2.75, 3.05) is 78.0 Å². The molecule has 4 aliphatic carbocycles. The minimum atomic E-state index is -0.447. The van der Waals surface area contributed by atoms with Gasteiger partial charge in [-0.3, -0.25) is 14.4 Å². The fraction of sp³-hybridized carbons (Fsp3) is 0.884. The molecule has 0 radical (unpaired) electrons. The third-order valence-electron chi connectivity index (χ3n) is 13.5. The van der Waals surface area contributed by atoms with Gasteiger partial charge in [0.25, 0.3) is 0 Å². The maximum atomic E-state index is 12.7. The lowest BCUT2D eigenvalue weighted by Crippen LogP contribution is -2.50. The standard InChI is InChI=1S/C43H75N3O8S/c1-31(2)8-6-7-9-32-11-13-36-35-12-10-33-28-34(14-17-43(33,4)37(35)15-18-42(32,36)3)54-40(48)16-20-50-22-24-52-26-27-53-25-23-51-21-19-46-39(47)30-55-29-38(45-5)41(44)49/h10,31-32,34-38,45H,6-9,11-30H2,1-5H3,(H2,44,49)(H,46,47)/t32-,34?,35?,36-,37-,38-,42+,43-/m0/s1. The largest absolute Gasteiger partial charge is 0.462 e. The Balaban J connectivity index is 0.982. The highest BCUT2D eigenvalue weighted by Gasteiger charge is 2.58. The molecule has 2 unspecified atom stereocenters. The summed E-state index contributed by atoms with van der Waals surface area (Å²) in [5.41, 5.74) is 7.62. The first-order chi connectivity index (χ1) is 26.5. The van der Waals surface area contributed by atoms with E-state index in [1.807, 2.05) is 0 Å². The number of fused-ring (bicyclic) bond motifs is 5. The predicted octanol–water partition coefficient (Wildman–Crippen LogP) is 6.07. The van der Waals surface area contributed by atoms with Crippen LogP contribution in [0, 0.1) is 40.4 Å². The van der Waals surface area contributed by atoms with Gasteiger partial charge in [0.2, 0.25) is 11.8 Å². The fourth-order valence-corrected chi connectivity index (χ4v) is 11.3. The molecule has 55 heavy (non-hydrogen) atoms. The van der Waals surface area contributed by atoms with Crippen LogP contribution < -0.4 is 16.4 Å². The van der Waals surface area contributed by atoms with E-state index in [0.29, 0.717) is 70.6 Å². The third kappa shape index (κ3) is 14.0. The maximum Gasteiger partial charge on any atom is 0.308 e. The zero-order valence-electron chi connectivity index (χ0n) is 34.8. The normalized spacial score (nSPS) is 29.2. The SMILES string of the molecule is CN[C@@H](CSCC(=O)NCCOCCOCCOCCOCCC(=O)OC1CC[C@@]2(C)C(=CCC3[C@@H]4CC[C@H](CCCCC(C)C)[C@@]4(C)CC[C@@H]32)C1)C(N)=O. The van der Waals surface area contributed by atoms with E-state index < -0.39 is 11.9 Å². The van der Waals surface area contributed by atoms with Gasteiger partial charge in [0.15, 0.2) is 0 Å². The second kappa shape index (κ2) is 23.6. The van der Waals surface area contributed by atoms with Gasteiger partial charge in [0.1, 0.15) is 6.10 Å². The summed E-state index contributed by atoms with van der Waals surface area (Å²) in [6, 6.07) is -0.447. The van der Waals surface area contributed by atoms with Gasteiger partial charge in [0.05, 0.1) is 71.1 Å². The van der Waals surface area contributed by atoms with E-state index >= 15 is 0 Å². The average molecular weight is 794 g/mol. The number of esters is 1. The molecule has 316 valence electrons. The summed E-state index contributed by atoms with van der Waals surface area (Å²) >= 11 is 1.35. The Morgan fingerprint density at radius 2 is 1.58 bits per heavy atom. The zero-order valence-corrected chi connectivity index (χ0v) is 35.7. The van der Waals surface area contributed by atoms with Crippen molar-refractivity contribution in [2.45, 2.75) is 123 Å². The molecule has 4 N–H and O–H groups in total. The van der Waals surface area contributed by atoms with Crippen LogP contribution in [-0.2, 0) is 38.1 Å². The van der Waals surface area contributed by atoms with Crippen LogP contribution >= 0.6 is 11.8 Å². The first-order valence-corrected chi connectivity index (χ1v) is 22.6. The first-order valence-electron chi connectivity index (χ1n) is 21.5. The molecule has 12 heteroatoms. The number of rotatable bonds is 27. The topological polar surface area (TPSA) is 147 Å². The van der Waals surface area contributed by atoms with Crippen LogP contribution in [0.4, 0.5) is 0 Å². The second-order valence-corrected chi connectivity index (χ2v) is 18.4. The third-order valence-corrected chi connectivity index (χ3v) is 14.5. The molecule has 4 rings (SSSR count). The van der Waals surface area contributed by atoms with E-state index in [2.05, 4.69) is 44.4 Å². The minimum absolute atomic E-state index is 0.0173. The molecule has 0 aliphatic heterocycles. The number of unbranched alkanes of at least 4 members (excludes halogenated alkanes) is 1. The number of hydrogen-bond acceptors (Lipinski definition) is 10. The summed E-state index contributed by atoms with van der Waals surface area (Å²) in [6.07, 6.45) is 18.3. The first kappa shape index (κ1) is 46.0. The lowest BCUT2D eigenvalue weighted by molar-refractivity contribution is -0.152. The van der Waals surface area contributed by atoms with E-state index in [9.17, 15) is 14.4 Å². The molecule has 0 bridgehead atoms. The number of nitrogens with one attached hydrogen (secondary N) is 2. The minimum Gasteiger partial charge on any atom is -0.462 e. The molecule has 11 nitrogen and oxygen atoms in total. The van der Waals surface area contributed by atoms with Crippen molar-refractivity contribution in [3.8, 4) is 0 Å². The van der Waals surface area contributed by atoms with E-state index in [4.69, 9.17) is 29.4 Å². The molecule has 0 aromatic heterocycles. The second-order valence-electron chi connectivity index (χ2n) is 17.4. The summed E-state index contributed by atoms with van der Waals surface area (Å²) in [4.78, 5) is 35.8. The highest BCUT2D eigenvalue weighted by atomic mass is 32.2. The number of primary amides is 1. The summed E-state index contributed by atoms with van der Waals surface area (Å²) in [6.45, 7) is 13.6. The van der Waals surface area contributed by atoms with Crippen molar-refractivity contribution < 1.29 is 38.1 Å². The van der Waals surface area contributed by atoms with Crippen molar-refractivity contribution in [3.05, 3.63) is 11.6 Å². The van der Waals surface area contributed by atoms with Crippen LogP contribution in [0.15, 0.2) is 11.6 Å². The number of allylic oxidation sites excluding steroid dienone is 1. The lowest BCUT2D eigenvalue weighted by atomic mass is 9.47. The Morgan fingerprint density at radius 1 is 0.891 bits per heavy atom. The maximum absolute atomic E-state index is 12.7. The molecule has 0 aromatic carbocycles. The molecular formula is C43H75N3O8S. The van der Waals surface area contributed by atoms with Gasteiger partial charge in [-0.15, -0.1) is 11.8 Å². The van der Waals surface area contributed by atoms with Crippen LogP contribution in [0.3, 0.4) is 0 Å². The molecule has 0 aromatic rings. The van der Waals surface area contributed by atoms with Gasteiger partial charge in [0, 0.05) is 18.7 Å². The monoisotopic (exact) mass is 794 g/mol. The van der Waals surface area contributed by atoms with Crippen molar-refractivity contribution in [1.82, 2.24) is 10.6 Å². The molecule has 8 atom stereocenters. The van der Waals surface area contributed by atoms with Crippen LogP contribution in [0.5, 0.6) is 0 Å². The number of thioether (sulfide) groups is 1. The Morgan fingerprint density at radius 3 is 2.25 bits per heavy atom. The summed E-state index contributed by atoms with van der Waals surface area (Å²) in [5.74, 6) is 4.21. The zero-order chi connectivity index (χ0) is 39.7. The molecule has 0 saturated heterocycles.